The van der Waals surface area contributed by atoms with Crippen molar-refractivity contribution >= 4 is 46.1 Å². The van der Waals surface area contributed by atoms with Crippen LogP contribution in [0.2, 0.25) is 0 Å². The zero-order valence-electron chi connectivity index (χ0n) is 57.9. The Morgan fingerprint density at radius 3 is 1.34 bits per heavy atom. The fraction of sp³-hybridized carbons (Fsp3) is 0.429. The van der Waals surface area contributed by atoms with Gasteiger partial charge < -0.3 is 68.1 Å². The van der Waals surface area contributed by atoms with Crippen LogP contribution in [0, 0.1) is 11.8 Å². The molecule has 4 N–H and O–H groups in total. The first kappa shape index (κ1) is 70.2. The number of aromatic nitrogens is 4. The van der Waals surface area contributed by atoms with Gasteiger partial charge in [0.2, 0.25) is 0 Å². The number of pyridine rings is 4. The number of hydrogen-bond donors (Lipinski definition) is 4. The van der Waals surface area contributed by atoms with E-state index < -0.39 is 40.3 Å². The number of methoxy groups -OCH3 is 2. The second-order valence-corrected chi connectivity index (χ2v) is 27.9. The highest BCUT2D eigenvalue weighted by molar-refractivity contribution is 5.98. The molecule has 2 unspecified atom stereocenters. The molecule has 2 saturated heterocycles. The largest absolute Gasteiger partial charge is 0.497 e. The number of nitrogens with zero attached hydrogens (tertiary/aromatic N) is 4. The minimum Gasteiger partial charge on any atom is -0.497 e. The number of rotatable bonds is 22. The van der Waals surface area contributed by atoms with Crippen LogP contribution in [-0.2, 0) is 22.7 Å². The predicted molar refractivity (Wildman–Crippen MR) is 376 cm³/mol. The molecule has 0 bridgehead atoms. The van der Waals surface area contributed by atoms with Crippen LogP contribution in [0.4, 0.5) is 9.59 Å². The van der Waals surface area contributed by atoms with Crippen LogP contribution in [0.1, 0.15) is 161 Å². The number of carboxylic acid groups (broad SMARTS) is 1. The number of benzene rings is 4. The Balaban J connectivity index is 0.000000200. The molecule has 8 aromatic rings. The van der Waals surface area contributed by atoms with E-state index in [2.05, 4.69) is 15.3 Å². The number of hydrogen-bond acceptors (Lipinski definition) is 16. The molecule has 2 aliphatic carbocycles. The Hall–Kier alpha value is -10.1. The summed E-state index contributed by atoms with van der Waals surface area (Å²) in [7, 11) is 3.25. The Morgan fingerprint density at radius 1 is 0.556 bits per heavy atom. The first-order valence-corrected chi connectivity index (χ1v) is 34.2. The van der Waals surface area contributed by atoms with Gasteiger partial charge in [-0.15, -0.1) is 0 Å². The van der Waals surface area contributed by atoms with Crippen LogP contribution in [0.5, 0.6) is 34.5 Å². The zero-order chi connectivity index (χ0) is 70.1. The number of carbonyl (C=O) groups is 4. The Bertz CT molecular complexity index is 4360. The molecule has 0 spiro atoms. The van der Waals surface area contributed by atoms with E-state index in [1.54, 1.807) is 30.1 Å². The van der Waals surface area contributed by atoms with Gasteiger partial charge in [-0.2, -0.15) is 0 Å². The summed E-state index contributed by atoms with van der Waals surface area (Å²) in [6, 6.07) is 33.6. The third-order valence-electron chi connectivity index (χ3n) is 17.7. The second-order valence-electron chi connectivity index (χ2n) is 27.9. The van der Waals surface area contributed by atoms with E-state index >= 15 is 0 Å². The van der Waals surface area contributed by atoms with E-state index in [1.807, 2.05) is 146 Å². The monoisotopic (exact) mass is 1350 g/mol. The molecular formula is C77H89N7O15. The molecule has 2 saturated carbocycles. The molecule has 2 atom stereocenters. The summed E-state index contributed by atoms with van der Waals surface area (Å²) >= 11 is 0. The highest BCUT2D eigenvalue weighted by Gasteiger charge is 2.34. The molecule has 2 aliphatic heterocycles. The van der Waals surface area contributed by atoms with Gasteiger partial charge in [0, 0.05) is 55.3 Å². The maximum absolute atomic E-state index is 13.4. The number of H-pyrrole nitrogens is 2. The first-order chi connectivity index (χ1) is 47.5. The van der Waals surface area contributed by atoms with Gasteiger partial charge in [0.15, 0.2) is 0 Å². The van der Waals surface area contributed by atoms with Crippen molar-refractivity contribution in [3.8, 4) is 57.0 Å². The number of ether oxygens (including phenoxy) is 8. The Morgan fingerprint density at radius 2 is 0.960 bits per heavy atom. The number of likely N-dealkylation sites (tertiary alicyclic amines) is 2. The molecular weight excluding hydrogens is 1260 g/mol. The third kappa shape index (κ3) is 18.0. The predicted octanol–water partition coefficient (Wildman–Crippen LogP) is 14.0. The lowest BCUT2D eigenvalue weighted by Crippen LogP contribution is -2.42. The van der Waals surface area contributed by atoms with Gasteiger partial charge in [0.1, 0.15) is 81.3 Å². The summed E-state index contributed by atoms with van der Waals surface area (Å²) in [6.07, 6.45) is 7.46. The van der Waals surface area contributed by atoms with Crippen molar-refractivity contribution in [2.45, 2.75) is 143 Å². The first-order valence-electron chi connectivity index (χ1n) is 34.2. The highest BCUT2D eigenvalue weighted by Crippen LogP contribution is 2.45. The fourth-order valence-electron chi connectivity index (χ4n) is 12.2. The topological polar surface area (TPSA) is 272 Å². The van der Waals surface area contributed by atoms with Crippen LogP contribution in [0.15, 0.2) is 119 Å². The zero-order valence-corrected chi connectivity index (χ0v) is 57.9. The van der Waals surface area contributed by atoms with E-state index in [1.165, 1.54) is 6.07 Å². The Labute approximate surface area is 575 Å². The summed E-state index contributed by atoms with van der Waals surface area (Å²) in [6.45, 7) is 17.0. The molecule has 4 aromatic carbocycles. The van der Waals surface area contributed by atoms with Crippen molar-refractivity contribution in [3.63, 3.8) is 0 Å². The molecule has 22 heteroatoms. The maximum atomic E-state index is 13.4. The molecule has 0 radical (unpaired) electrons. The minimum absolute atomic E-state index is 0.0169. The van der Waals surface area contributed by atoms with E-state index in [0.717, 1.165) is 91.5 Å². The van der Waals surface area contributed by atoms with Crippen LogP contribution in [-0.4, -0.2) is 130 Å². The molecule has 4 aliphatic rings. The molecule has 99 heavy (non-hydrogen) atoms. The summed E-state index contributed by atoms with van der Waals surface area (Å²) < 4.78 is 47.6. The van der Waals surface area contributed by atoms with Crippen molar-refractivity contribution in [2.75, 3.05) is 60.2 Å². The van der Waals surface area contributed by atoms with Gasteiger partial charge in [-0.3, -0.25) is 14.4 Å². The standard InChI is InChI=1S/C40H48N4O7.C37H41N3O8/c1-6-18-41-37(45)31-20-30-29(27-9-8-19-44(22-27)39(47)51-40(2,3)4)21-32(42-36(30)43-38(31)46)35-33(49-23-25-12-13-25)10-7-11-34(35)50-24-26-14-16-28(48-5)17-15-26;1-37(2,3)48-36(44)40-16-6-7-24(19-40)26-18-29(38-33-27(26)17-28(35(42)43)34(41)39-33)32-30(46-20-22-10-11-22)8-5-9-31(32)47-21-23-12-14-25(45-4)15-13-23/h7,10-11,14-17,20-21,25,27H,6,8-9,12-13,18-19,22-24H2,1-5H3,(H,41,45)(H,42,43,46);5,8-9,12-15,17-18,22,24H,6-7,10-11,16,19-21H2,1-4H3,(H,42,43)(H,38,39,41). The van der Waals surface area contributed by atoms with Crippen LogP contribution < -0.4 is 44.9 Å². The van der Waals surface area contributed by atoms with Crippen LogP contribution >= 0.6 is 0 Å². The van der Waals surface area contributed by atoms with E-state index in [9.17, 15) is 33.9 Å². The molecule has 12 rings (SSSR count). The number of carboxylic acids is 1. The summed E-state index contributed by atoms with van der Waals surface area (Å²) in [5.74, 6) is 2.76. The summed E-state index contributed by atoms with van der Waals surface area (Å²) in [5.41, 5.74) is 3.53. The highest BCUT2D eigenvalue weighted by atomic mass is 16.6. The average Bonchev–Trinajstić information content (AvgIpc) is 1.72. The van der Waals surface area contributed by atoms with Gasteiger partial charge in [-0.1, -0.05) is 43.3 Å². The number of aromatic carboxylic acids is 1. The fourth-order valence-corrected chi connectivity index (χ4v) is 12.2. The lowest BCUT2D eigenvalue weighted by Gasteiger charge is -2.34. The average molecular weight is 1350 g/mol. The smallest absolute Gasteiger partial charge is 0.410 e. The van der Waals surface area contributed by atoms with Crippen LogP contribution in [0.3, 0.4) is 0 Å². The number of carbonyl (C=O) groups excluding carboxylic acids is 3. The normalized spacial score (nSPS) is 16.3. The summed E-state index contributed by atoms with van der Waals surface area (Å²) in [4.78, 5) is 96.7. The SMILES string of the molecule is CCCNC(=O)c1cc2c(C3CCCN(C(=O)OC(C)(C)C)C3)cc(-c3c(OCc4ccc(OC)cc4)cccc3OCC3CC3)nc2[nH]c1=O.COc1ccc(COc2cccc(OCC3CC3)c2-c2cc(C3CCCN(C(=O)OC(C)(C)C)C3)c3cc(C(=O)O)c(=O)[nH]c3n2)cc1. The molecule has 4 fully saturated rings. The van der Waals surface area contributed by atoms with Crippen molar-refractivity contribution < 1.29 is 62.2 Å². The van der Waals surface area contributed by atoms with Gasteiger partial charge in [-0.25, -0.2) is 24.4 Å². The molecule has 3 amide bonds. The number of piperidine rings is 2. The number of fused-ring (bicyclic) bond motifs is 2. The van der Waals surface area contributed by atoms with Crippen LogP contribution in [0.25, 0.3) is 44.6 Å². The van der Waals surface area contributed by atoms with Gasteiger partial charge in [-0.05, 0) is 206 Å². The molecule has 522 valence electrons. The lowest BCUT2D eigenvalue weighted by molar-refractivity contribution is 0.0189. The van der Waals surface area contributed by atoms with Gasteiger partial charge in [0.05, 0.1) is 49.9 Å². The molecule has 22 nitrogen and oxygen atoms in total. The summed E-state index contributed by atoms with van der Waals surface area (Å²) in [5, 5.41) is 13.8. The van der Waals surface area contributed by atoms with Crippen molar-refractivity contribution in [2.24, 2.45) is 11.8 Å². The number of amides is 3. The third-order valence-corrected chi connectivity index (χ3v) is 17.7. The quantitative estimate of drug-likeness (QED) is 0.0491. The molecule has 6 heterocycles. The van der Waals surface area contributed by atoms with Crippen molar-refractivity contribution in [3.05, 3.63) is 163 Å². The van der Waals surface area contributed by atoms with Gasteiger partial charge in [0.25, 0.3) is 17.0 Å². The minimum atomic E-state index is -1.33. The number of aromatic amines is 2. The Kier molecular flexibility index (Phi) is 21.8. The van der Waals surface area contributed by atoms with Crippen molar-refractivity contribution in [1.29, 1.82) is 0 Å². The lowest BCUT2D eigenvalue weighted by atomic mass is 9.87. The maximum Gasteiger partial charge on any atom is 0.410 e. The van der Waals surface area contributed by atoms with E-state index in [-0.39, 0.29) is 41.3 Å². The molecule has 4 aromatic heterocycles. The van der Waals surface area contributed by atoms with E-state index in [0.29, 0.717) is 126 Å². The van der Waals surface area contributed by atoms with Crippen molar-refractivity contribution in [1.82, 2.24) is 35.1 Å². The number of nitrogens with one attached hydrogen (secondary N) is 3. The van der Waals surface area contributed by atoms with Gasteiger partial charge >= 0.3 is 18.2 Å². The second kappa shape index (κ2) is 30.7. The van der Waals surface area contributed by atoms with E-state index in [4.69, 9.17) is 47.9 Å².